The molecule has 6 nitrogen and oxygen atoms in total. The maximum absolute atomic E-state index is 13.6. The summed E-state index contributed by atoms with van der Waals surface area (Å²) >= 11 is 0. The average Bonchev–Trinajstić information content (AvgIpc) is 3.06. The summed E-state index contributed by atoms with van der Waals surface area (Å²) < 4.78 is 13.3. The van der Waals surface area contributed by atoms with Gasteiger partial charge in [0.1, 0.15) is 13.2 Å². The van der Waals surface area contributed by atoms with Crippen LogP contribution in [0, 0.1) is 0 Å². The molecule has 1 heterocycles. The van der Waals surface area contributed by atoms with Crippen LogP contribution in [0.25, 0.3) is 0 Å². The molecule has 1 N–H and O–H groups in total. The molecule has 1 amide bonds. The fourth-order valence-corrected chi connectivity index (χ4v) is 11.0. The number of ether oxygens (including phenoxy) is 1. The van der Waals surface area contributed by atoms with Crippen LogP contribution in [-0.4, -0.2) is 49.5 Å². The second kappa shape index (κ2) is 13.7. The third kappa shape index (κ3) is 6.70. The number of amides is 1. The Morgan fingerprint density at radius 2 is 1.36 bits per heavy atom. The van der Waals surface area contributed by atoms with E-state index in [-0.39, 0.29) is 35.7 Å². The number of ketones is 1. The number of aliphatic hydroxyl groups excluding tert-OH is 1. The molecule has 1 fully saturated rings. The summed E-state index contributed by atoms with van der Waals surface area (Å²) in [5, 5.41) is 11.6. The zero-order valence-electron chi connectivity index (χ0n) is 25.7. The zero-order valence-corrected chi connectivity index (χ0v) is 26.7. The van der Waals surface area contributed by atoms with Gasteiger partial charge in [0.2, 0.25) is 0 Å². The van der Waals surface area contributed by atoms with Crippen molar-refractivity contribution in [2.45, 2.75) is 57.4 Å². The van der Waals surface area contributed by atoms with Crippen LogP contribution in [0.5, 0.6) is 0 Å². The van der Waals surface area contributed by atoms with E-state index < -0.39 is 14.9 Å². The van der Waals surface area contributed by atoms with Crippen LogP contribution in [0.15, 0.2) is 115 Å². The molecular weight excluding hydrogens is 566 g/mol. The van der Waals surface area contributed by atoms with Crippen molar-refractivity contribution in [2.24, 2.45) is 0 Å². The third-order valence-electron chi connectivity index (χ3n) is 8.52. The van der Waals surface area contributed by atoms with Gasteiger partial charge in [-0.05, 0) is 39.4 Å². The Hall–Kier alpha value is -4.04. The second-order valence-corrected chi connectivity index (χ2v) is 16.6. The summed E-state index contributed by atoms with van der Waals surface area (Å²) in [6.07, 6.45) is 0.752. The first-order chi connectivity index (χ1) is 21.2. The number of hydrogen-bond donors (Lipinski definition) is 1. The van der Waals surface area contributed by atoms with Gasteiger partial charge in [0, 0.05) is 18.2 Å². The van der Waals surface area contributed by atoms with Gasteiger partial charge in [-0.2, -0.15) is 0 Å². The standard InChI is InChI=1S/C37H41NO5Si/c1-37(2,3)44(32-15-9-5-10-16-32,33-17-11-6-12-18-33)43-31-23-24-38(36(41)42-27-28-13-7-4-8-14-28)34(25-31)29-19-21-30(22-20-29)35(40)26-39/h4-22,31,34,39H,23-27H2,1-3H3/t31-,34?/m1/s1. The molecule has 1 aliphatic rings. The minimum atomic E-state index is -2.81. The molecule has 2 atom stereocenters. The number of carbonyl (C=O) groups excluding carboxylic acids is 2. The summed E-state index contributed by atoms with van der Waals surface area (Å²) in [7, 11) is -2.81. The highest BCUT2D eigenvalue weighted by atomic mass is 28.4. The van der Waals surface area contributed by atoms with Crippen LogP contribution < -0.4 is 10.4 Å². The molecule has 1 aliphatic heterocycles. The van der Waals surface area contributed by atoms with Crippen LogP contribution >= 0.6 is 0 Å². The van der Waals surface area contributed by atoms with E-state index in [1.165, 1.54) is 10.4 Å². The molecule has 0 saturated carbocycles. The molecule has 5 rings (SSSR count). The molecule has 4 aromatic rings. The first-order valence-corrected chi connectivity index (χ1v) is 17.1. The van der Waals surface area contributed by atoms with E-state index in [2.05, 4.69) is 69.3 Å². The lowest BCUT2D eigenvalue weighted by atomic mass is 9.93. The SMILES string of the molecule is CC(C)(C)[Si](O[C@@H]1CCN(C(=O)OCc2ccccc2)C(c2ccc(C(=O)CO)cc2)C1)(c1ccccc1)c1ccccc1. The quantitative estimate of drug-likeness (QED) is 0.179. The van der Waals surface area contributed by atoms with E-state index in [1.807, 2.05) is 54.6 Å². The Bertz CT molecular complexity index is 1480. The fourth-order valence-electron chi connectivity index (χ4n) is 6.30. The van der Waals surface area contributed by atoms with Crippen molar-refractivity contribution in [3.63, 3.8) is 0 Å². The molecule has 228 valence electrons. The molecule has 1 saturated heterocycles. The Balaban J connectivity index is 1.48. The minimum absolute atomic E-state index is 0.122. The predicted octanol–water partition coefficient (Wildman–Crippen LogP) is 6.28. The summed E-state index contributed by atoms with van der Waals surface area (Å²) in [5.41, 5.74) is 2.26. The van der Waals surface area contributed by atoms with Gasteiger partial charge < -0.3 is 19.2 Å². The maximum atomic E-state index is 13.6. The Morgan fingerprint density at radius 3 is 1.89 bits per heavy atom. The van der Waals surface area contributed by atoms with Gasteiger partial charge in [-0.15, -0.1) is 0 Å². The van der Waals surface area contributed by atoms with E-state index in [0.29, 0.717) is 24.9 Å². The molecule has 0 spiro atoms. The van der Waals surface area contributed by atoms with Gasteiger partial charge in [-0.1, -0.05) is 136 Å². The predicted molar refractivity (Wildman–Crippen MR) is 176 cm³/mol. The fraction of sp³-hybridized carbons (Fsp3) is 0.297. The minimum Gasteiger partial charge on any atom is -0.445 e. The van der Waals surface area contributed by atoms with Crippen molar-refractivity contribution < 1.29 is 23.9 Å². The lowest BCUT2D eigenvalue weighted by Gasteiger charge is -2.48. The van der Waals surface area contributed by atoms with Crippen LogP contribution in [0.2, 0.25) is 5.04 Å². The molecule has 0 aliphatic carbocycles. The van der Waals surface area contributed by atoms with E-state index in [1.54, 1.807) is 17.0 Å². The number of carbonyl (C=O) groups is 2. The average molecular weight is 608 g/mol. The molecule has 4 aromatic carbocycles. The highest BCUT2D eigenvalue weighted by molar-refractivity contribution is 6.99. The summed E-state index contributed by atoms with van der Waals surface area (Å²) in [5.74, 6) is -0.341. The van der Waals surface area contributed by atoms with Gasteiger partial charge in [-0.3, -0.25) is 4.79 Å². The third-order valence-corrected chi connectivity index (χ3v) is 13.6. The van der Waals surface area contributed by atoms with Crippen LogP contribution in [0.1, 0.15) is 61.1 Å². The highest BCUT2D eigenvalue weighted by Gasteiger charge is 2.52. The lowest BCUT2D eigenvalue weighted by molar-refractivity contribution is 0.0312. The number of Topliss-reactive ketones (excluding diaryl/α,β-unsaturated/α-hetero) is 1. The number of hydrogen-bond acceptors (Lipinski definition) is 5. The Kier molecular flexibility index (Phi) is 9.79. The van der Waals surface area contributed by atoms with E-state index in [0.717, 1.165) is 11.1 Å². The van der Waals surface area contributed by atoms with E-state index in [4.69, 9.17) is 9.16 Å². The van der Waals surface area contributed by atoms with Crippen molar-refractivity contribution in [2.75, 3.05) is 13.2 Å². The monoisotopic (exact) mass is 607 g/mol. The molecule has 0 radical (unpaired) electrons. The van der Waals surface area contributed by atoms with Crippen molar-refractivity contribution in [3.8, 4) is 0 Å². The van der Waals surface area contributed by atoms with Crippen LogP contribution in [-0.2, 0) is 15.8 Å². The van der Waals surface area contributed by atoms with Gasteiger partial charge in [0.15, 0.2) is 5.78 Å². The van der Waals surface area contributed by atoms with Crippen molar-refractivity contribution in [1.82, 2.24) is 4.90 Å². The van der Waals surface area contributed by atoms with Gasteiger partial charge in [0.05, 0.1) is 6.04 Å². The number of nitrogens with zero attached hydrogens (tertiary/aromatic N) is 1. The largest absolute Gasteiger partial charge is 0.445 e. The van der Waals surface area contributed by atoms with E-state index >= 15 is 0 Å². The number of rotatable bonds is 9. The maximum Gasteiger partial charge on any atom is 0.410 e. The van der Waals surface area contributed by atoms with Crippen LogP contribution in [0.4, 0.5) is 4.79 Å². The summed E-state index contributed by atoms with van der Waals surface area (Å²) in [4.78, 5) is 27.5. The lowest BCUT2D eigenvalue weighted by Crippen LogP contribution is -2.68. The topological polar surface area (TPSA) is 76.1 Å². The smallest absolute Gasteiger partial charge is 0.410 e. The molecule has 44 heavy (non-hydrogen) atoms. The molecule has 1 unspecified atom stereocenters. The summed E-state index contributed by atoms with van der Waals surface area (Å²) in [6.45, 7) is 6.92. The Labute approximate surface area is 261 Å². The first kappa shape index (κ1) is 31.4. The van der Waals surface area contributed by atoms with Crippen molar-refractivity contribution in [3.05, 3.63) is 132 Å². The molecule has 7 heteroatoms. The first-order valence-electron chi connectivity index (χ1n) is 15.2. The number of benzene rings is 4. The number of aliphatic hydroxyl groups is 1. The van der Waals surface area contributed by atoms with Crippen molar-refractivity contribution >= 4 is 30.6 Å². The van der Waals surface area contributed by atoms with Gasteiger partial charge >= 0.3 is 6.09 Å². The highest BCUT2D eigenvalue weighted by Crippen LogP contribution is 2.41. The molecule has 0 aromatic heterocycles. The van der Waals surface area contributed by atoms with Crippen LogP contribution in [0.3, 0.4) is 0 Å². The Morgan fingerprint density at radius 1 is 0.818 bits per heavy atom. The number of likely N-dealkylation sites (tertiary alicyclic amines) is 1. The summed E-state index contributed by atoms with van der Waals surface area (Å²) in [6, 6.07) is 37.7. The van der Waals surface area contributed by atoms with Gasteiger partial charge in [-0.25, -0.2) is 4.79 Å². The second-order valence-electron chi connectivity index (χ2n) is 12.4. The van der Waals surface area contributed by atoms with Gasteiger partial charge in [0.25, 0.3) is 8.32 Å². The molecular formula is C37H41NO5Si. The zero-order chi connectivity index (χ0) is 31.2. The van der Waals surface area contributed by atoms with Crippen molar-refractivity contribution in [1.29, 1.82) is 0 Å². The van der Waals surface area contributed by atoms with E-state index in [9.17, 15) is 14.7 Å². The normalized spacial score (nSPS) is 17.2. The number of piperidine rings is 1. The molecule has 0 bridgehead atoms.